The van der Waals surface area contributed by atoms with Gasteiger partial charge in [-0.05, 0) is 37.4 Å². The molecule has 2 aromatic rings. The van der Waals surface area contributed by atoms with Crippen LogP contribution in [-0.2, 0) is 6.42 Å². The number of rotatable bonds is 2. The Morgan fingerprint density at radius 2 is 2.35 bits per heavy atom. The van der Waals surface area contributed by atoms with Crippen molar-refractivity contribution in [3.8, 4) is 0 Å². The molecule has 2 nitrogen and oxygen atoms in total. The van der Waals surface area contributed by atoms with Gasteiger partial charge in [0.05, 0.1) is 10.5 Å². The highest BCUT2D eigenvalue weighted by molar-refractivity contribution is 6.35. The number of fused-ring (bicyclic) bond motifs is 3. The van der Waals surface area contributed by atoms with E-state index in [-0.39, 0.29) is 0 Å². The van der Waals surface area contributed by atoms with Crippen LogP contribution in [0.3, 0.4) is 0 Å². The molecule has 0 amide bonds. The van der Waals surface area contributed by atoms with Gasteiger partial charge in [-0.3, -0.25) is 0 Å². The van der Waals surface area contributed by atoms with Crippen molar-refractivity contribution in [3.05, 3.63) is 34.5 Å². The van der Waals surface area contributed by atoms with Gasteiger partial charge in [0.15, 0.2) is 0 Å². The molecule has 0 aliphatic heterocycles. The Bertz CT molecular complexity index is 544. The Hall–Kier alpha value is -0.990. The Balaban J connectivity index is 2.20. The minimum absolute atomic E-state index is 0.482. The fraction of sp³-hybridized carbons (Fsp3) is 0.429. The monoisotopic (exact) mass is 248 g/mol. The first-order chi connectivity index (χ1) is 8.31. The number of aromatic nitrogens is 1. The molecule has 1 unspecified atom stereocenters. The fourth-order valence-electron chi connectivity index (χ4n) is 2.93. The number of benzene rings is 1. The molecule has 1 aromatic carbocycles. The molecule has 0 saturated heterocycles. The van der Waals surface area contributed by atoms with Crippen LogP contribution < -0.4 is 5.32 Å². The second-order valence-electron chi connectivity index (χ2n) is 4.68. The van der Waals surface area contributed by atoms with Gasteiger partial charge in [0.2, 0.25) is 0 Å². The maximum absolute atomic E-state index is 6.25. The van der Waals surface area contributed by atoms with E-state index < -0.39 is 0 Å². The van der Waals surface area contributed by atoms with Crippen LogP contribution in [0.5, 0.6) is 0 Å². The molecule has 1 aromatic heterocycles. The van der Waals surface area contributed by atoms with Gasteiger partial charge < -0.3 is 10.3 Å². The van der Waals surface area contributed by atoms with Gasteiger partial charge in [-0.2, -0.15) is 0 Å². The highest BCUT2D eigenvalue weighted by atomic mass is 35.5. The van der Waals surface area contributed by atoms with E-state index in [4.69, 9.17) is 11.6 Å². The lowest BCUT2D eigenvalue weighted by molar-refractivity contribution is 0.473. The standard InChI is InChI=1S/C14H17ClN2/c1-2-16-11-7-4-8-12-13(11)9-5-3-6-10(15)14(9)17-12/h3,5-6,11,16-17H,2,4,7-8H2,1H3. The third-order valence-electron chi connectivity index (χ3n) is 3.62. The maximum atomic E-state index is 6.25. The van der Waals surface area contributed by atoms with Gasteiger partial charge in [-0.1, -0.05) is 30.7 Å². The van der Waals surface area contributed by atoms with E-state index in [0.717, 1.165) is 23.5 Å². The number of halogens is 1. The molecule has 0 bridgehead atoms. The summed E-state index contributed by atoms with van der Waals surface area (Å²) >= 11 is 6.25. The lowest BCUT2D eigenvalue weighted by Gasteiger charge is -2.23. The summed E-state index contributed by atoms with van der Waals surface area (Å²) in [5.74, 6) is 0. The fourth-order valence-corrected chi connectivity index (χ4v) is 3.15. The van der Waals surface area contributed by atoms with E-state index in [2.05, 4.69) is 23.3 Å². The maximum Gasteiger partial charge on any atom is 0.0648 e. The van der Waals surface area contributed by atoms with Crippen molar-refractivity contribution in [1.29, 1.82) is 0 Å². The molecule has 90 valence electrons. The number of aromatic amines is 1. The first kappa shape index (κ1) is 11.1. The molecule has 0 saturated carbocycles. The van der Waals surface area contributed by atoms with Crippen molar-refractivity contribution in [2.75, 3.05) is 6.54 Å². The average Bonchev–Trinajstić information content (AvgIpc) is 2.71. The van der Waals surface area contributed by atoms with E-state index >= 15 is 0 Å². The molecule has 0 spiro atoms. The quantitative estimate of drug-likeness (QED) is 0.831. The van der Waals surface area contributed by atoms with E-state index in [0.29, 0.717) is 6.04 Å². The molecule has 3 rings (SSSR count). The van der Waals surface area contributed by atoms with Crippen LogP contribution in [0.4, 0.5) is 0 Å². The highest BCUT2D eigenvalue weighted by Gasteiger charge is 2.24. The van der Waals surface area contributed by atoms with Crippen molar-refractivity contribution in [2.45, 2.75) is 32.2 Å². The van der Waals surface area contributed by atoms with Gasteiger partial charge >= 0.3 is 0 Å². The van der Waals surface area contributed by atoms with Crippen molar-refractivity contribution >= 4 is 22.5 Å². The van der Waals surface area contributed by atoms with E-state index in [1.807, 2.05) is 12.1 Å². The van der Waals surface area contributed by atoms with Crippen LogP contribution in [0, 0.1) is 0 Å². The Morgan fingerprint density at radius 1 is 1.47 bits per heavy atom. The van der Waals surface area contributed by atoms with Crippen LogP contribution in [-0.4, -0.2) is 11.5 Å². The molecule has 3 heteroatoms. The summed E-state index contributed by atoms with van der Waals surface area (Å²) in [7, 11) is 0. The molecular weight excluding hydrogens is 232 g/mol. The van der Waals surface area contributed by atoms with E-state index in [1.165, 1.54) is 29.5 Å². The second-order valence-corrected chi connectivity index (χ2v) is 5.09. The third-order valence-corrected chi connectivity index (χ3v) is 3.94. The summed E-state index contributed by atoms with van der Waals surface area (Å²) < 4.78 is 0. The zero-order valence-electron chi connectivity index (χ0n) is 10.0. The van der Waals surface area contributed by atoms with E-state index in [9.17, 15) is 0 Å². The zero-order chi connectivity index (χ0) is 11.8. The molecule has 0 fully saturated rings. The molecule has 1 atom stereocenters. The van der Waals surface area contributed by atoms with Gasteiger partial charge in [-0.25, -0.2) is 0 Å². The van der Waals surface area contributed by atoms with Crippen LogP contribution >= 0.6 is 11.6 Å². The van der Waals surface area contributed by atoms with Crippen molar-refractivity contribution in [2.24, 2.45) is 0 Å². The molecule has 1 aliphatic rings. The summed E-state index contributed by atoms with van der Waals surface area (Å²) in [5.41, 5.74) is 3.91. The summed E-state index contributed by atoms with van der Waals surface area (Å²) in [6, 6.07) is 6.65. The first-order valence-corrected chi connectivity index (χ1v) is 6.71. The van der Waals surface area contributed by atoms with E-state index in [1.54, 1.807) is 0 Å². The van der Waals surface area contributed by atoms with Crippen LogP contribution in [0.2, 0.25) is 5.02 Å². The second kappa shape index (κ2) is 4.35. The minimum Gasteiger partial charge on any atom is -0.357 e. The van der Waals surface area contributed by atoms with Crippen LogP contribution in [0.15, 0.2) is 18.2 Å². The van der Waals surface area contributed by atoms with Crippen LogP contribution in [0.1, 0.15) is 37.1 Å². The Kier molecular flexibility index (Phi) is 2.85. The summed E-state index contributed by atoms with van der Waals surface area (Å²) in [6.07, 6.45) is 3.61. The predicted molar refractivity (Wildman–Crippen MR) is 72.7 cm³/mol. The Labute approximate surface area is 106 Å². The topological polar surface area (TPSA) is 27.8 Å². The molecule has 1 aliphatic carbocycles. The zero-order valence-corrected chi connectivity index (χ0v) is 10.8. The van der Waals surface area contributed by atoms with Crippen LogP contribution in [0.25, 0.3) is 10.9 Å². The minimum atomic E-state index is 0.482. The number of para-hydroxylation sites is 1. The summed E-state index contributed by atoms with van der Waals surface area (Å²) in [6.45, 7) is 3.17. The van der Waals surface area contributed by atoms with Crippen molar-refractivity contribution in [3.63, 3.8) is 0 Å². The number of hydrogen-bond donors (Lipinski definition) is 2. The molecule has 2 N–H and O–H groups in total. The molecule has 0 radical (unpaired) electrons. The van der Waals surface area contributed by atoms with Crippen molar-refractivity contribution in [1.82, 2.24) is 10.3 Å². The molecular formula is C14H17ClN2. The number of nitrogens with one attached hydrogen (secondary N) is 2. The lowest BCUT2D eigenvalue weighted by atomic mass is 9.91. The largest absolute Gasteiger partial charge is 0.357 e. The normalized spacial score (nSPS) is 19.5. The average molecular weight is 249 g/mol. The molecule has 1 heterocycles. The SMILES string of the molecule is CCNC1CCCc2[nH]c3c(Cl)cccc3c21. The van der Waals surface area contributed by atoms with Gasteiger partial charge in [0.1, 0.15) is 0 Å². The number of hydrogen-bond acceptors (Lipinski definition) is 1. The van der Waals surface area contributed by atoms with Gasteiger partial charge in [0.25, 0.3) is 0 Å². The third kappa shape index (κ3) is 1.76. The lowest BCUT2D eigenvalue weighted by Crippen LogP contribution is -2.24. The highest BCUT2D eigenvalue weighted by Crippen LogP contribution is 2.37. The molecule has 17 heavy (non-hydrogen) atoms. The van der Waals surface area contributed by atoms with Gasteiger partial charge in [0, 0.05) is 17.1 Å². The number of aryl methyl sites for hydroxylation is 1. The Morgan fingerprint density at radius 3 is 3.18 bits per heavy atom. The first-order valence-electron chi connectivity index (χ1n) is 6.33. The summed E-state index contributed by atoms with van der Waals surface area (Å²) in [4.78, 5) is 3.50. The van der Waals surface area contributed by atoms with Gasteiger partial charge in [-0.15, -0.1) is 0 Å². The summed E-state index contributed by atoms with van der Waals surface area (Å²) in [5, 5.41) is 5.69. The smallest absolute Gasteiger partial charge is 0.0648 e. The predicted octanol–water partition coefficient (Wildman–Crippen LogP) is 3.81. The van der Waals surface area contributed by atoms with Crippen molar-refractivity contribution < 1.29 is 0 Å². The number of H-pyrrole nitrogens is 1.